The van der Waals surface area contributed by atoms with Gasteiger partial charge in [-0.05, 0) is 32.4 Å². The summed E-state index contributed by atoms with van der Waals surface area (Å²) in [7, 11) is 0. The minimum absolute atomic E-state index is 0. The zero-order valence-electron chi connectivity index (χ0n) is 7.76. The molecule has 12 heavy (non-hydrogen) atoms. The molecule has 1 nitrogen and oxygen atoms in total. The first-order valence-electron chi connectivity index (χ1n) is 4.68. The van der Waals surface area contributed by atoms with Crippen molar-refractivity contribution in [2.24, 2.45) is 0 Å². The molecule has 0 N–H and O–H groups in total. The topological polar surface area (TPSA) is 3.24 Å². The molecule has 3 heteroatoms. The molecule has 0 saturated carbocycles. The van der Waals surface area contributed by atoms with Gasteiger partial charge in [0.25, 0.3) is 0 Å². The van der Waals surface area contributed by atoms with Crippen LogP contribution in [0.1, 0.15) is 32.6 Å². The third kappa shape index (κ3) is 3.51. The van der Waals surface area contributed by atoms with Gasteiger partial charge in [-0.2, -0.15) is 0 Å². The van der Waals surface area contributed by atoms with Gasteiger partial charge in [0.1, 0.15) is 0 Å². The molecule has 0 amide bonds. The summed E-state index contributed by atoms with van der Waals surface area (Å²) in [4.78, 5) is 2.54. The van der Waals surface area contributed by atoms with E-state index in [0.717, 1.165) is 5.88 Å². The van der Waals surface area contributed by atoms with Crippen molar-refractivity contribution in [2.45, 2.75) is 38.6 Å². The highest BCUT2D eigenvalue weighted by atomic mass is 35.5. The van der Waals surface area contributed by atoms with Crippen LogP contribution in [0.25, 0.3) is 0 Å². The van der Waals surface area contributed by atoms with Gasteiger partial charge in [0, 0.05) is 11.9 Å². The Kier molecular flexibility index (Phi) is 7.31. The highest BCUT2D eigenvalue weighted by molar-refractivity contribution is 6.18. The Bertz CT molecular complexity index is 109. The maximum absolute atomic E-state index is 5.84. The Hall–Kier alpha value is 0.540. The van der Waals surface area contributed by atoms with Gasteiger partial charge in [0.15, 0.2) is 0 Å². The molecule has 1 rings (SSSR count). The van der Waals surface area contributed by atoms with E-state index in [2.05, 4.69) is 11.8 Å². The summed E-state index contributed by atoms with van der Waals surface area (Å²) in [6.45, 7) is 4.77. The van der Waals surface area contributed by atoms with Crippen LogP contribution in [0.2, 0.25) is 0 Å². The number of hydrogen-bond acceptors (Lipinski definition) is 1. The van der Waals surface area contributed by atoms with E-state index in [1.54, 1.807) is 0 Å². The fraction of sp³-hybridized carbons (Fsp3) is 1.00. The lowest BCUT2D eigenvalue weighted by molar-refractivity contribution is 0.267. The highest BCUT2D eigenvalue weighted by Gasteiger charge is 2.22. The average molecular weight is 212 g/mol. The number of alkyl halides is 1. The molecule has 1 atom stereocenters. The predicted molar refractivity (Wildman–Crippen MR) is 57.5 cm³/mol. The summed E-state index contributed by atoms with van der Waals surface area (Å²) in [6.07, 6.45) is 5.28. The number of nitrogens with zero attached hydrogens (tertiary/aromatic N) is 1. The van der Waals surface area contributed by atoms with Crippen LogP contribution < -0.4 is 0 Å². The number of halogens is 2. The first-order valence-corrected chi connectivity index (χ1v) is 5.22. The van der Waals surface area contributed by atoms with Crippen molar-refractivity contribution in [3.05, 3.63) is 0 Å². The van der Waals surface area contributed by atoms with Crippen molar-refractivity contribution in [1.82, 2.24) is 4.90 Å². The molecule has 1 unspecified atom stereocenters. The summed E-state index contributed by atoms with van der Waals surface area (Å²) < 4.78 is 0. The summed E-state index contributed by atoms with van der Waals surface area (Å²) in [6, 6.07) is 0.684. The Balaban J connectivity index is 0.00000121. The maximum Gasteiger partial charge on any atom is 0.0379 e. The van der Waals surface area contributed by atoms with Crippen LogP contribution in [-0.2, 0) is 0 Å². The maximum atomic E-state index is 5.84. The van der Waals surface area contributed by atoms with Gasteiger partial charge in [-0.3, -0.25) is 4.90 Å². The molecule has 74 valence electrons. The van der Waals surface area contributed by atoms with Gasteiger partial charge >= 0.3 is 0 Å². The zero-order chi connectivity index (χ0) is 8.10. The Morgan fingerprint density at radius 1 is 1.50 bits per heavy atom. The van der Waals surface area contributed by atoms with Crippen molar-refractivity contribution in [1.29, 1.82) is 0 Å². The first-order chi connectivity index (χ1) is 5.38. The van der Waals surface area contributed by atoms with E-state index in [1.807, 2.05) is 0 Å². The van der Waals surface area contributed by atoms with Crippen LogP contribution in [0.15, 0.2) is 0 Å². The molecule has 0 aliphatic carbocycles. The average Bonchev–Trinajstić information content (AvgIpc) is 2.47. The predicted octanol–water partition coefficient (Wildman–Crippen LogP) is 2.91. The molecule has 0 radical (unpaired) electrons. The van der Waals surface area contributed by atoms with E-state index >= 15 is 0 Å². The van der Waals surface area contributed by atoms with Crippen LogP contribution >= 0.6 is 24.0 Å². The van der Waals surface area contributed by atoms with Crippen molar-refractivity contribution < 1.29 is 0 Å². The summed E-state index contributed by atoms with van der Waals surface area (Å²) in [5.74, 6) is 0.823. The number of rotatable bonds is 4. The zero-order valence-corrected chi connectivity index (χ0v) is 9.33. The minimum atomic E-state index is 0. The van der Waals surface area contributed by atoms with Crippen molar-refractivity contribution in [3.63, 3.8) is 0 Å². The minimum Gasteiger partial charge on any atom is -0.299 e. The van der Waals surface area contributed by atoms with Gasteiger partial charge in [0.2, 0.25) is 0 Å². The molecule has 1 saturated heterocycles. The quantitative estimate of drug-likeness (QED) is 0.647. The molecule has 1 heterocycles. The lowest BCUT2D eigenvalue weighted by atomic mass is 10.2. The van der Waals surface area contributed by atoms with Crippen molar-refractivity contribution in [2.75, 3.05) is 19.0 Å². The van der Waals surface area contributed by atoms with Gasteiger partial charge < -0.3 is 0 Å². The molecular weight excluding hydrogens is 193 g/mol. The van der Waals surface area contributed by atoms with E-state index in [4.69, 9.17) is 11.6 Å². The second-order valence-corrected chi connectivity index (χ2v) is 3.65. The standard InChI is InChI=1S/C9H18ClN.ClH/c1-2-3-6-11-7-4-5-9(11)8-10;/h9H,2-8H2,1H3;1H. The SMILES string of the molecule is CCCCN1CCCC1CCl.Cl. The molecule has 1 fully saturated rings. The van der Waals surface area contributed by atoms with E-state index in [-0.39, 0.29) is 12.4 Å². The smallest absolute Gasteiger partial charge is 0.0379 e. The molecule has 0 aromatic heterocycles. The lowest BCUT2D eigenvalue weighted by Crippen LogP contribution is -2.31. The van der Waals surface area contributed by atoms with E-state index in [1.165, 1.54) is 38.8 Å². The molecule has 1 aliphatic rings. The van der Waals surface area contributed by atoms with Crippen LogP contribution in [0.5, 0.6) is 0 Å². The second kappa shape index (κ2) is 6.99. The van der Waals surface area contributed by atoms with Crippen LogP contribution in [0, 0.1) is 0 Å². The Labute approximate surface area is 86.9 Å². The number of hydrogen-bond donors (Lipinski definition) is 0. The third-order valence-corrected chi connectivity index (χ3v) is 2.83. The first kappa shape index (κ1) is 12.5. The van der Waals surface area contributed by atoms with Crippen molar-refractivity contribution in [3.8, 4) is 0 Å². The number of unbranched alkanes of at least 4 members (excludes halogenated alkanes) is 1. The fourth-order valence-corrected chi connectivity index (χ4v) is 2.07. The summed E-state index contributed by atoms with van der Waals surface area (Å²) >= 11 is 5.84. The van der Waals surface area contributed by atoms with Crippen LogP contribution in [0.3, 0.4) is 0 Å². The van der Waals surface area contributed by atoms with Gasteiger partial charge in [-0.25, -0.2) is 0 Å². The van der Waals surface area contributed by atoms with Crippen LogP contribution in [-0.4, -0.2) is 29.9 Å². The Morgan fingerprint density at radius 2 is 2.25 bits per heavy atom. The largest absolute Gasteiger partial charge is 0.299 e. The van der Waals surface area contributed by atoms with Crippen LogP contribution in [0.4, 0.5) is 0 Å². The summed E-state index contributed by atoms with van der Waals surface area (Å²) in [5, 5.41) is 0. The van der Waals surface area contributed by atoms with Gasteiger partial charge in [-0.1, -0.05) is 13.3 Å². The van der Waals surface area contributed by atoms with E-state index in [9.17, 15) is 0 Å². The Morgan fingerprint density at radius 3 is 2.83 bits per heavy atom. The third-order valence-electron chi connectivity index (χ3n) is 2.48. The van der Waals surface area contributed by atoms with Gasteiger partial charge in [-0.15, -0.1) is 24.0 Å². The highest BCUT2D eigenvalue weighted by Crippen LogP contribution is 2.18. The molecule has 0 aromatic carbocycles. The van der Waals surface area contributed by atoms with Gasteiger partial charge in [0.05, 0.1) is 0 Å². The molecule has 0 bridgehead atoms. The fourth-order valence-electron chi connectivity index (χ4n) is 1.73. The number of likely N-dealkylation sites (tertiary alicyclic amines) is 1. The second-order valence-electron chi connectivity index (χ2n) is 3.34. The molecule has 0 spiro atoms. The molecule has 1 aliphatic heterocycles. The van der Waals surface area contributed by atoms with Crippen molar-refractivity contribution >= 4 is 24.0 Å². The molecular formula is C9H19Cl2N. The molecule has 0 aromatic rings. The summed E-state index contributed by atoms with van der Waals surface area (Å²) in [5.41, 5.74) is 0. The van der Waals surface area contributed by atoms with E-state index in [0.29, 0.717) is 6.04 Å². The lowest BCUT2D eigenvalue weighted by Gasteiger charge is -2.21. The normalized spacial score (nSPS) is 24.0. The van der Waals surface area contributed by atoms with E-state index < -0.39 is 0 Å². The monoisotopic (exact) mass is 211 g/mol.